The van der Waals surface area contributed by atoms with Crippen molar-refractivity contribution in [1.29, 1.82) is 0 Å². The minimum atomic E-state index is -0.767. The number of nitrogens with one attached hydrogen (secondary N) is 1. The number of fused-ring (bicyclic) bond motifs is 1. The molecule has 0 saturated heterocycles. The van der Waals surface area contributed by atoms with Crippen LogP contribution in [0.2, 0.25) is 0 Å². The van der Waals surface area contributed by atoms with Crippen LogP contribution in [0, 0.1) is 0 Å². The molecule has 2 amide bonds. The Balaban J connectivity index is 1.77. The first-order valence-corrected chi connectivity index (χ1v) is 10.3. The van der Waals surface area contributed by atoms with E-state index < -0.39 is 6.10 Å². The number of ether oxygens (including phenoxy) is 3. The van der Waals surface area contributed by atoms with E-state index in [2.05, 4.69) is 12.2 Å². The summed E-state index contributed by atoms with van der Waals surface area (Å²) in [6.45, 7) is 2.87. The van der Waals surface area contributed by atoms with Crippen molar-refractivity contribution in [2.24, 2.45) is 0 Å². The molecule has 0 aliphatic carbocycles. The van der Waals surface area contributed by atoms with Crippen molar-refractivity contribution in [2.45, 2.75) is 25.9 Å². The fraction of sp³-hybridized carbons (Fsp3) is 0.333. The Kier molecular flexibility index (Phi) is 7.54. The summed E-state index contributed by atoms with van der Waals surface area (Å²) >= 11 is 0. The van der Waals surface area contributed by atoms with Crippen molar-refractivity contribution in [1.82, 2.24) is 5.32 Å². The maximum absolute atomic E-state index is 13.0. The number of carbonyl (C=O) groups is 2. The molecule has 2 aromatic carbocycles. The summed E-state index contributed by atoms with van der Waals surface area (Å²) in [7, 11) is 3.13. The van der Waals surface area contributed by atoms with E-state index in [1.54, 1.807) is 43.3 Å². The lowest BCUT2D eigenvalue weighted by Gasteiger charge is -2.33. The largest absolute Gasteiger partial charge is 0.493 e. The monoisotopic (exact) mass is 424 g/mol. The predicted octanol–water partition coefficient (Wildman–Crippen LogP) is 3.43. The van der Waals surface area contributed by atoms with E-state index in [1.807, 2.05) is 24.3 Å². The van der Waals surface area contributed by atoms with E-state index in [-0.39, 0.29) is 18.4 Å². The topological polar surface area (TPSA) is 77.1 Å². The molecule has 0 radical (unpaired) electrons. The quantitative estimate of drug-likeness (QED) is 0.519. The lowest BCUT2D eigenvalue weighted by molar-refractivity contribution is -0.127. The fourth-order valence-corrected chi connectivity index (χ4v) is 3.23. The van der Waals surface area contributed by atoms with E-state index >= 15 is 0 Å². The Morgan fingerprint density at radius 2 is 2.03 bits per heavy atom. The SMILES string of the molecule is CCCCOc1ccc(/C=C/C(=O)N2C[C@H](C(=O)NC)Oc3ccccc32)cc1OC. The van der Waals surface area contributed by atoms with Gasteiger partial charge in [-0.2, -0.15) is 0 Å². The maximum Gasteiger partial charge on any atom is 0.262 e. The number of methoxy groups -OCH3 is 1. The summed E-state index contributed by atoms with van der Waals surface area (Å²) in [5.41, 5.74) is 1.44. The third kappa shape index (κ3) is 5.36. The van der Waals surface area contributed by atoms with Gasteiger partial charge < -0.3 is 24.4 Å². The van der Waals surface area contributed by atoms with Crippen LogP contribution in [0.1, 0.15) is 25.3 Å². The first-order chi connectivity index (χ1) is 15.1. The molecule has 0 saturated carbocycles. The molecular formula is C24H28N2O5. The average Bonchev–Trinajstić information content (AvgIpc) is 2.81. The molecule has 1 aliphatic rings. The van der Waals surface area contributed by atoms with Crippen molar-refractivity contribution in [3.05, 3.63) is 54.1 Å². The second kappa shape index (κ2) is 10.5. The van der Waals surface area contributed by atoms with Gasteiger partial charge in [0.2, 0.25) is 0 Å². The fourth-order valence-electron chi connectivity index (χ4n) is 3.23. The van der Waals surface area contributed by atoms with Crippen molar-refractivity contribution in [2.75, 3.05) is 32.2 Å². The van der Waals surface area contributed by atoms with Crippen LogP contribution in [0.5, 0.6) is 17.2 Å². The Morgan fingerprint density at radius 3 is 2.77 bits per heavy atom. The second-order valence-electron chi connectivity index (χ2n) is 7.08. The van der Waals surface area contributed by atoms with E-state index in [9.17, 15) is 9.59 Å². The molecule has 0 bridgehead atoms. The molecule has 0 unspecified atom stereocenters. The number of rotatable bonds is 8. The molecular weight excluding hydrogens is 396 g/mol. The van der Waals surface area contributed by atoms with Gasteiger partial charge in [-0.05, 0) is 42.3 Å². The third-order valence-corrected chi connectivity index (χ3v) is 4.94. The first-order valence-electron chi connectivity index (χ1n) is 10.3. The molecule has 1 N–H and O–H groups in total. The van der Waals surface area contributed by atoms with E-state index in [4.69, 9.17) is 14.2 Å². The maximum atomic E-state index is 13.0. The molecule has 0 fully saturated rings. The average molecular weight is 424 g/mol. The number of unbranched alkanes of at least 4 members (excludes halogenated alkanes) is 1. The number of para-hydroxylation sites is 2. The van der Waals surface area contributed by atoms with Gasteiger partial charge in [-0.3, -0.25) is 9.59 Å². The van der Waals surface area contributed by atoms with Crippen LogP contribution in [0.15, 0.2) is 48.5 Å². The van der Waals surface area contributed by atoms with Crippen molar-refractivity contribution >= 4 is 23.6 Å². The molecule has 7 heteroatoms. The molecule has 0 spiro atoms. The lowest BCUT2D eigenvalue weighted by atomic mass is 10.1. The van der Waals surface area contributed by atoms with Crippen LogP contribution in [0.3, 0.4) is 0 Å². The highest BCUT2D eigenvalue weighted by molar-refractivity contribution is 6.05. The summed E-state index contributed by atoms with van der Waals surface area (Å²) in [6.07, 6.45) is 4.45. The third-order valence-electron chi connectivity index (χ3n) is 4.94. The summed E-state index contributed by atoms with van der Waals surface area (Å²) in [4.78, 5) is 26.6. The minimum Gasteiger partial charge on any atom is -0.493 e. The number of hydrogen-bond donors (Lipinski definition) is 1. The summed E-state index contributed by atoms with van der Waals surface area (Å²) in [6, 6.07) is 12.7. The van der Waals surface area contributed by atoms with Gasteiger partial charge in [0.15, 0.2) is 17.6 Å². The van der Waals surface area contributed by atoms with Gasteiger partial charge in [-0.1, -0.05) is 31.5 Å². The molecule has 164 valence electrons. The molecule has 2 aromatic rings. The standard InChI is InChI=1S/C24H28N2O5/c1-4-5-14-30-20-12-10-17(15-21(20)29-3)11-13-23(27)26-16-22(24(28)25-2)31-19-9-7-6-8-18(19)26/h6-13,15,22H,4-5,14,16H2,1-3H3,(H,25,28)/b13-11+/t22-/m1/s1. The van der Waals surface area contributed by atoms with Crippen LogP contribution in [0.4, 0.5) is 5.69 Å². The Hall–Kier alpha value is -3.48. The van der Waals surface area contributed by atoms with Gasteiger partial charge in [0.05, 0.1) is 25.9 Å². The highest BCUT2D eigenvalue weighted by atomic mass is 16.5. The number of hydrogen-bond acceptors (Lipinski definition) is 5. The smallest absolute Gasteiger partial charge is 0.262 e. The van der Waals surface area contributed by atoms with Crippen LogP contribution < -0.4 is 24.4 Å². The van der Waals surface area contributed by atoms with Gasteiger partial charge in [-0.15, -0.1) is 0 Å². The van der Waals surface area contributed by atoms with E-state index in [0.717, 1.165) is 18.4 Å². The summed E-state index contributed by atoms with van der Waals surface area (Å²) in [5.74, 6) is 1.27. The second-order valence-corrected chi connectivity index (χ2v) is 7.08. The zero-order chi connectivity index (χ0) is 22.2. The molecule has 0 aromatic heterocycles. The van der Waals surface area contributed by atoms with Crippen molar-refractivity contribution < 1.29 is 23.8 Å². The Morgan fingerprint density at radius 1 is 1.23 bits per heavy atom. The lowest BCUT2D eigenvalue weighted by Crippen LogP contribution is -2.49. The van der Waals surface area contributed by atoms with Crippen LogP contribution >= 0.6 is 0 Å². The normalized spacial score (nSPS) is 15.2. The van der Waals surface area contributed by atoms with Gasteiger partial charge in [0.1, 0.15) is 5.75 Å². The van der Waals surface area contributed by atoms with Gasteiger partial charge in [0.25, 0.3) is 11.8 Å². The number of nitrogens with zero attached hydrogens (tertiary/aromatic N) is 1. The highest BCUT2D eigenvalue weighted by Gasteiger charge is 2.32. The van der Waals surface area contributed by atoms with Gasteiger partial charge in [-0.25, -0.2) is 0 Å². The summed E-state index contributed by atoms with van der Waals surface area (Å²) < 4.78 is 16.9. The number of benzene rings is 2. The number of anilines is 1. The Labute approximate surface area is 182 Å². The van der Waals surface area contributed by atoms with Crippen molar-refractivity contribution in [3.63, 3.8) is 0 Å². The molecule has 1 aliphatic heterocycles. The van der Waals surface area contributed by atoms with Crippen LogP contribution in [0.25, 0.3) is 6.08 Å². The Bertz CT molecular complexity index is 957. The summed E-state index contributed by atoms with van der Waals surface area (Å²) in [5, 5.41) is 2.57. The van der Waals surface area contributed by atoms with E-state index in [0.29, 0.717) is 29.5 Å². The van der Waals surface area contributed by atoms with Gasteiger partial charge >= 0.3 is 0 Å². The van der Waals surface area contributed by atoms with Crippen LogP contribution in [-0.2, 0) is 9.59 Å². The zero-order valence-corrected chi connectivity index (χ0v) is 18.1. The number of amides is 2. The van der Waals surface area contributed by atoms with Crippen molar-refractivity contribution in [3.8, 4) is 17.2 Å². The first kappa shape index (κ1) is 22.2. The van der Waals surface area contributed by atoms with E-state index in [1.165, 1.54) is 6.08 Å². The van der Waals surface area contributed by atoms with Crippen LogP contribution in [-0.4, -0.2) is 45.2 Å². The van der Waals surface area contributed by atoms with Gasteiger partial charge in [0, 0.05) is 13.1 Å². The zero-order valence-electron chi connectivity index (χ0n) is 18.1. The number of likely N-dealkylation sites (N-methyl/N-ethyl adjacent to an activating group) is 1. The predicted molar refractivity (Wildman–Crippen MR) is 120 cm³/mol. The molecule has 3 rings (SSSR count). The molecule has 1 atom stereocenters. The number of carbonyl (C=O) groups excluding carboxylic acids is 2. The molecule has 1 heterocycles. The highest BCUT2D eigenvalue weighted by Crippen LogP contribution is 2.33. The molecule has 31 heavy (non-hydrogen) atoms. The minimum absolute atomic E-state index is 0.132. The molecule has 7 nitrogen and oxygen atoms in total.